The lowest BCUT2D eigenvalue weighted by Gasteiger charge is -2.09. The topological polar surface area (TPSA) is 87.4 Å². The largest absolute Gasteiger partial charge is 0.454 e. The molecule has 0 aliphatic carbocycles. The molecule has 1 N–H and O–H groups in total. The summed E-state index contributed by atoms with van der Waals surface area (Å²) in [5, 5.41) is 8.83. The quantitative estimate of drug-likeness (QED) is 0.552. The van der Waals surface area contributed by atoms with Crippen LogP contribution in [0.1, 0.15) is 13.3 Å². The second kappa shape index (κ2) is 7.22. The van der Waals surface area contributed by atoms with E-state index >= 15 is 0 Å². The molecule has 0 unspecified atom stereocenters. The maximum Gasteiger partial charge on any atom is 0.291 e. The highest BCUT2D eigenvalue weighted by molar-refractivity contribution is 6.07. The highest BCUT2D eigenvalue weighted by Gasteiger charge is 2.18. The summed E-state index contributed by atoms with van der Waals surface area (Å²) in [4.78, 5) is 25.8. The first-order valence-electron chi connectivity index (χ1n) is 9.82. The first-order valence-corrected chi connectivity index (χ1v) is 9.82. The Morgan fingerprint density at radius 1 is 1.13 bits per heavy atom. The van der Waals surface area contributed by atoms with Crippen molar-refractivity contribution >= 4 is 33.4 Å². The van der Waals surface area contributed by atoms with E-state index in [2.05, 4.69) is 17.3 Å². The van der Waals surface area contributed by atoms with E-state index in [4.69, 9.17) is 9.47 Å². The Morgan fingerprint density at radius 2 is 1.97 bits per heavy atom. The molecule has 0 fully saturated rings. The van der Waals surface area contributed by atoms with Crippen molar-refractivity contribution in [3.05, 3.63) is 59.0 Å². The number of hydrogen-bond donors (Lipinski definition) is 1. The first kappa shape index (κ1) is 18.2. The van der Waals surface area contributed by atoms with Crippen molar-refractivity contribution in [1.29, 1.82) is 0 Å². The standard InChI is InChI=1S/C22H20N4O4/c1-2-9-25-17-6-4-3-5-15(17)16-11-23-26(22(28)21(16)25)12-20(27)24-14-7-8-18-19(10-14)30-13-29-18/h3-8,10-11H,2,9,12-13H2,1H3,(H,24,27). The van der Waals surface area contributed by atoms with Crippen LogP contribution in [-0.2, 0) is 17.9 Å². The summed E-state index contributed by atoms with van der Waals surface area (Å²) in [6.07, 6.45) is 2.55. The number of amides is 1. The molecule has 2 aromatic heterocycles. The van der Waals surface area contributed by atoms with Crippen molar-refractivity contribution in [3.8, 4) is 11.5 Å². The fraction of sp³-hybridized carbons (Fsp3) is 0.227. The minimum absolute atomic E-state index is 0.165. The summed E-state index contributed by atoms with van der Waals surface area (Å²) in [5.41, 5.74) is 1.86. The maximum atomic E-state index is 13.2. The minimum atomic E-state index is -0.346. The van der Waals surface area contributed by atoms with Crippen LogP contribution in [0, 0.1) is 0 Å². The Hall–Kier alpha value is -3.81. The second-order valence-corrected chi connectivity index (χ2v) is 7.15. The van der Waals surface area contributed by atoms with E-state index in [1.54, 1.807) is 24.4 Å². The zero-order chi connectivity index (χ0) is 20.7. The van der Waals surface area contributed by atoms with Gasteiger partial charge >= 0.3 is 0 Å². The number of benzene rings is 2. The zero-order valence-electron chi connectivity index (χ0n) is 16.4. The number of anilines is 1. The predicted octanol–water partition coefficient (Wildman–Crippen LogP) is 3.13. The average Bonchev–Trinajstić information content (AvgIpc) is 3.33. The van der Waals surface area contributed by atoms with Crippen LogP contribution in [-0.4, -0.2) is 27.0 Å². The third kappa shape index (κ3) is 2.97. The Morgan fingerprint density at radius 3 is 2.83 bits per heavy atom. The third-order valence-corrected chi connectivity index (χ3v) is 5.17. The fourth-order valence-electron chi connectivity index (χ4n) is 3.87. The monoisotopic (exact) mass is 404 g/mol. The lowest BCUT2D eigenvalue weighted by atomic mass is 10.2. The molecule has 0 radical (unpaired) electrons. The Bertz CT molecular complexity index is 1340. The van der Waals surface area contributed by atoms with E-state index < -0.39 is 0 Å². The molecular weight excluding hydrogens is 384 g/mol. The third-order valence-electron chi connectivity index (χ3n) is 5.17. The lowest BCUT2D eigenvalue weighted by molar-refractivity contribution is -0.117. The van der Waals surface area contributed by atoms with Crippen LogP contribution in [0.15, 0.2) is 53.5 Å². The van der Waals surface area contributed by atoms with Crippen LogP contribution in [0.4, 0.5) is 5.69 Å². The molecule has 0 bridgehead atoms. The van der Waals surface area contributed by atoms with E-state index in [1.807, 2.05) is 28.8 Å². The number of hydrogen-bond acceptors (Lipinski definition) is 5. The van der Waals surface area contributed by atoms with Gasteiger partial charge in [-0.3, -0.25) is 9.59 Å². The molecule has 3 heterocycles. The number of para-hydroxylation sites is 1. The normalized spacial score (nSPS) is 12.6. The molecule has 8 heteroatoms. The van der Waals surface area contributed by atoms with Gasteiger partial charge in [-0.15, -0.1) is 0 Å². The van der Waals surface area contributed by atoms with E-state index in [1.165, 1.54) is 4.68 Å². The van der Waals surface area contributed by atoms with Gasteiger partial charge in [0.1, 0.15) is 12.1 Å². The van der Waals surface area contributed by atoms with Crippen molar-refractivity contribution in [2.45, 2.75) is 26.4 Å². The lowest BCUT2D eigenvalue weighted by Crippen LogP contribution is -2.30. The molecule has 0 saturated carbocycles. The molecule has 1 amide bonds. The molecule has 8 nitrogen and oxygen atoms in total. The van der Waals surface area contributed by atoms with Gasteiger partial charge in [-0.1, -0.05) is 25.1 Å². The summed E-state index contributed by atoms with van der Waals surface area (Å²) in [6.45, 7) is 2.76. The van der Waals surface area contributed by atoms with Gasteiger partial charge in [-0.25, -0.2) is 4.68 Å². The zero-order valence-corrected chi connectivity index (χ0v) is 16.4. The number of carbonyl (C=O) groups excluding carboxylic acids is 1. The first-order chi connectivity index (χ1) is 14.7. The van der Waals surface area contributed by atoms with Crippen molar-refractivity contribution < 1.29 is 14.3 Å². The van der Waals surface area contributed by atoms with Gasteiger partial charge in [0.2, 0.25) is 12.7 Å². The molecular formula is C22H20N4O4. The molecule has 5 rings (SSSR count). The fourth-order valence-corrected chi connectivity index (χ4v) is 3.87. The van der Waals surface area contributed by atoms with Gasteiger partial charge in [0.05, 0.1) is 6.20 Å². The average molecular weight is 404 g/mol. The highest BCUT2D eigenvalue weighted by Crippen LogP contribution is 2.34. The van der Waals surface area contributed by atoms with Crippen LogP contribution >= 0.6 is 0 Å². The Kier molecular flexibility index (Phi) is 4.39. The molecule has 152 valence electrons. The van der Waals surface area contributed by atoms with Gasteiger partial charge in [-0.05, 0) is 24.6 Å². The van der Waals surface area contributed by atoms with Crippen molar-refractivity contribution in [1.82, 2.24) is 14.3 Å². The van der Waals surface area contributed by atoms with Crippen LogP contribution in [0.5, 0.6) is 11.5 Å². The SMILES string of the molecule is CCCn1c2ccccc2c2cnn(CC(=O)Nc3ccc4c(c3)OCO4)c(=O)c21. The van der Waals surface area contributed by atoms with Gasteiger partial charge in [-0.2, -0.15) is 5.10 Å². The van der Waals surface area contributed by atoms with E-state index in [-0.39, 0.29) is 24.8 Å². The van der Waals surface area contributed by atoms with Crippen molar-refractivity contribution in [2.24, 2.45) is 0 Å². The van der Waals surface area contributed by atoms with Crippen LogP contribution in [0.3, 0.4) is 0 Å². The number of aromatic nitrogens is 3. The predicted molar refractivity (Wildman–Crippen MR) is 113 cm³/mol. The summed E-state index contributed by atoms with van der Waals surface area (Å²) in [5.74, 6) is 0.870. The maximum absolute atomic E-state index is 13.2. The molecule has 2 aromatic carbocycles. The number of nitrogens with one attached hydrogen (secondary N) is 1. The van der Waals surface area contributed by atoms with E-state index in [0.29, 0.717) is 29.2 Å². The van der Waals surface area contributed by atoms with E-state index in [9.17, 15) is 9.59 Å². The van der Waals surface area contributed by atoms with Crippen LogP contribution in [0.2, 0.25) is 0 Å². The minimum Gasteiger partial charge on any atom is -0.454 e. The Labute approximate surface area is 171 Å². The number of aryl methyl sites for hydroxylation is 1. The number of rotatable bonds is 5. The molecule has 0 saturated heterocycles. The second-order valence-electron chi connectivity index (χ2n) is 7.15. The Balaban J connectivity index is 1.48. The highest BCUT2D eigenvalue weighted by atomic mass is 16.7. The van der Waals surface area contributed by atoms with Crippen LogP contribution in [0.25, 0.3) is 21.8 Å². The number of ether oxygens (including phenoxy) is 2. The molecule has 30 heavy (non-hydrogen) atoms. The molecule has 1 aliphatic heterocycles. The molecule has 0 spiro atoms. The van der Waals surface area contributed by atoms with Crippen LogP contribution < -0.4 is 20.3 Å². The number of nitrogens with zero attached hydrogens (tertiary/aromatic N) is 3. The van der Waals surface area contributed by atoms with Gasteiger partial charge < -0.3 is 19.4 Å². The summed E-state index contributed by atoms with van der Waals surface area (Å²) in [6, 6.07) is 13.0. The van der Waals surface area contributed by atoms with Gasteiger partial charge in [0.15, 0.2) is 11.5 Å². The summed E-state index contributed by atoms with van der Waals surface area (Å²) in [7, 11) is 0. The molecule has 4 aromatic rings. The van der Waals surface area contributed by atoms with E-state index in [0.717, 1.165) is 22.7 Å². The van der Waals surface area contributed by atoms with Gasteiger partial charge in [0.25, 0.3) is 5.56 Å². The van der Waals surface area contributed by atoms with Crippen molar-refractivity contribution in [3.63, 3.8) is 0 Å². The summed E-state index contributed by atoms with van der Waals surface area (Å²) >= 11 is 0. The molecule has 0 atom stereocenters. The summed E-state index contributed by atoms with van der Waals surface area (Å²) < 4.78 is 13.8. The van der Waals surface area contributed by atoms with Crippen molar-refractivity contribution in [2.75, 3.05) is 12.1 Å². The number of carbonyl (C=O) groups is 1. The molecule has 1 aliphatic rings. The van der Waals surface area contributed by atoms with Gasteiger partial charge in [0, 0.05) is 34.6 Å². The number of fused-ring (bicyclic) bond motifs is 4. The smallest absolute Gasteiger partial charge is 0.291 e.